The number of methoxy groups -OCH3 is 1. The Morgan fingerprint density at radius 2 is 1.71 bits per heavy atom. The van der Waals surface area contributed by atoms with Gasteiger partial charge in [0.05, 0.1) is 7.11 Å². The number of hydrogen-bond donors (Lipinski definition) is 0. The molecule has 0 N–H and O–H groups in total. The van der Waals surface area contributed by atoms with Crippen LogP contribution in [0.4, 0.5) is 0 Å². The minimum Gasteiger partial charge on any atom is -0.496 e. The minimum atomic E-state index is 0.872. The third-order valence-electron chi connectivity index (χ3n) is 4.64. The molecule has 0 radical (unpaired) electrons. The van der Waals surface area contributed by atoms with Gasteiger partial charge in [0.1, 0.15) is 5.76 Å². The molecule has 0 spiro atoms. The van der Waals surface area contributed by atoms with Crippen LogP contribution in [0.5, 0.6) is 0 Å². The van der Waals surface area contributed by atoms with Gasteiger partial charge in [0.25, 0.3) is 0 Å². The molecule has 2 aromatic rings. The van der Waals surface area contributed by atoms with Crippen LogP contribution in [-0.4, -0.2) is 7.11 Å². The van der Waals surface area contributed by atoms with Gasteiger partial charge in [0.15, 0.2) is 0 Å². The second-order valence-electron chi connectivity index (χ2n) is 6.01. The summed E-state index contributed by atoms with van der Waals surface area (Å²) in [7, 11) is 1.75. The molecule has 0 saturated carbocycles. The van der Waals surface area contributed by atoms with E-state index in [2.05, 4.69) is 76.7 Å². The third-order valence-corrected chi connectivity index (χ3v) is 4.64. The molecule has 0 heterocycles. The minimum absolute atomic E-state index is 0.872. The number of aryl methyl sites for hydroxylation is 1. The van der Waals surface area contributed by atoms with Gasteiger partial charge < -0.3 is 4.74 Å². The van der Waals surface area contributed by atoms with Crippen LogP contribution in [0.3, 0.4) is 0 Å². The van der Waals surface area contributed by atoms with Gasteiger partial charge in [-0.3, -0.25) is 0 Å². The normalized spacial score (nSPS) is 13.0. The summed E-state index contributed by atoms with van der Waals surface area (Å²) in [5, 5.41) is 2.55. The predicted octanol–water partition coefficient (Wildman–Crippen LogP) is 6.83. The topological polar surface area (TPSA) is 9.23 Å². The first-order valence-corrected chi connectivity index (χ1v) is 8.69. The van der Waals surface area contributed by atoms with Gasteiger partial charge in [0.2, 0.25) is 0 Å². The van der Waals surface area contributed by atoms with Gasteiger partial charge in [-0.25, -0.2) is 0 Å². The second kappa shape index (κ2) is 8.01. The summed E-state index contributed by atoms with van der Waals surface area (Å²) in [5.41, 5.74) is 6.00. The van der Waals surface area contributed by atoms with Gasteiger partial charge in [0, 0.05) is 5.57 Å². The summed E-state index contributed by atoms with van der Waals surface area (Å²) < 4.78 is 5.82. The van der Waals surface area contributed by atoms with Crippen molar-refractivity contribution < 1.29 is 4.74 Å². The molecule has 0 saturated heterocycles. The van der Waals surface area contributed by atoms with E-state index in [1.165, 1.54) is 33.0 Å². The van der Waals surface area contributed by atoms with Crippen LogP contribution in [0.1, 0.15) is 44.7 Å². The fraction of sp³-hybridized carbons (Fsp3) is 0.304. The first-order valence-electron chi connectivity index (χ1n) is 8.69. The number of hydrogen-bond acceptors (Lipinski definition) is 1. The number of fused-ring (bicyclic) bond motifs is 1. The Labute approximate surface area is 146 Å². The van der Waals surface area contributed by atoms with Crippen molar-refractivity contribution in [2.24, 2.45) is 0 Å². The first-order chi connectivity index (χ1) is 11.6. The quantitative estimate of drug-likeness (QED) is 0.419. The van der Waals surface area contributed by atoms with Crippen molar-refractivity contribution in [3.8, 4) is 0 Å². The molecular formula is C23H28O. The third kappa shape index (κ3) is 3.31. The lowest BCUT2D eigenvalue weighted by atomic mass is 9.88. The highest BCUT2D eigenvalue weighted by Gasteiger charge is 2.18. The fourth-order valence-electron chi connectivity index (χ4n) is 3.24. The second-order valence-corrected chi connectivity index (χ2v) is 6.01. The monoisotopic (exact) mass is 320 g/mol. The van der Waals surface area contributed by atoms with E-state index in [0.717, 1.165) is 24.2 Å². The van der Waals surface area contributed by atoms with Gasteiger partial charge in [-0.15, -0.1) is 0 Å². The molecule has 0 fully saturated rings. The van der Waals surface area contributed by atoms with Crippen LogP contribution in [0.2, 0.25) is 0 Å². The number of ether oxygens (including phenoxy) is 1. The van der Waals surface area contributed by atoms with Gasteiger partial charge in [-0.05, 0) is 59.7 Å². The SMILES string of the molecule is C=C(CC)/C(OC)=C(\C(=C/C)CC)c1cccc2c(C)cccc12. The van der Waals surface area contributed by atoms with Gasteiger partial charge in [-0.1, -0.05) is 62.9 Å². The van der Waals surface area contributed by atoms with Crippen LogP contribution in [-0.2, 0) is 4.74 Å². The smallest absolute Gasteiger partial charge is 0.129 e. The van der Waals surface area contributed by atoms with Crippen LogP contribution in [0.25, 0.3) is 16.3 Å². The van der Waals surface area contributed by atoms with Crippen molar-refractivity contribution in [2.45, 2.75) is 40.5 Å². The maximum atomic E-state index is 5.82. The Balaban J connectivity index is 2.91. The average molecular weight is 320 g/mol. The fourth-order valence-corrected chi connectivity index (χ4v) is 3.24. The zero-order valence-corrected chi connectivity index (χ0v) is 15.6. The lowest BCUT2D eigenvalue weighted by molar-refractivity contribution is 0.301. The summed E-state index contributed by atoms with van der Waals surface area (Å²) in [6.45, 7) is 12.8. The molecule has 0 atom stereocenters. The molecule has 0 unspecified atom stereocenters. The molecule has 2 rings (SSSR count). The van der Waals surface area contributed by atoms with Crippen molar-refractivity contribution in [3.63, 3.8) is 0 Å². The number of rotatable bonds is 6. The van der Waals surface area contributed by atoms with Gasteiger partial charge >= 0.3 is 0 Å². The summed E-state index contributed by atoms with van der Waals surface area (Å²) >= 11 is 0. The highest BCUT2D eigenvalue weighted by atomic mass is 16.5. The Morgan fingerprint density at radius 1 is 1.04 bits per heavy atom. The van der Waals surface area contributed by atoms with Crippen molar-refractivity contribution in [2.75, 3.05) is 7.11 Å². The van der Waals surface area contributed by atoms with Gasteiger partial charge in [-0.2, -0.15) is 0 Å². The highest BCUT2D eigenvalue weighted by molar-refractivity contribution is 5.99. The highest BCUT2D eigenvalue weighted by Crippen LogP contribution is 2.37. The van der Waals surface area contributed by atoms with E-state index in [4.69, 9.17) is 4.74 Å². The molecule has 0 bridgehead atoms. The molecule has 0 aliphatic heterocycles. The van der Waals surface area contributed by atoms with E-state index in [9.17, 15) is 0 Å². The molecule has 24 heavy (non-hydrogen) atoms. The average Bonchev–Trinajstić information content (AvgIpc) is 2.61. The molecule has 0 amide bonds. The Hall–Kier alpha value is -2.28. The molecule has 1 nitrogen and oxygen atoms in total. The van der Waals surface area contributed by atoms with E-state index in [1.54, 1.807) is 7.11 Å². The van der Waals surface area contributed by atoms with Crippen molar-refractivity contribution >= 4 is 16.3 Å². The molecule has 0 aliphatic carbocycles. The molecule has 2 aromatic carbocycles. The predicted molar refractivity (Wildman–Crippen MR) is 106 cm³/mol. The zero-order chi connectivity index (χ0) is 17.7. The lowest BCUT2D eigenvalue weighted by Crippen LogP contribution is -2.01. The van der Waals surface area contributed by atoms with E-state index in [0.29, 0.717) is 0 Å². The maximum Gasteiger partial charge on any atom is 0.129 e. The number of benzene rings is 2. The Kier molecular flexibility index (Phi) is 6.03. The largest absolute Gasteiger partial charge is 0.496 e. The van der Waals surface area contributed by atoms with Crippen LogP contribution in [0, 0.1) is 6.92 Å². The molecule has 1 heteroatoms. The lowest BCUT2D eigenvalue weighted by Gasteiger charge is -2.20. The van der Waals surface area contributed by atoms with Crippen LogP contribution >= 0.6 is 0 Å². The maximum absolute atomic E-state index is 5.82. The summed E-state index contributed by atoms with van der Waals surface area (Å²) in [5.74, 6) is 0.904. The van der Waals surface area contributed by atoms with Crippen molar-refractivity contribution in [1.82, 2.24) is 0 Å². The number of allylic oxidation sites excluding steroid dienone is 4. The van der Waals surface area contributed by atoms with Crippen LogP contribution in [0.15, 0.2) is 66.0 Å². The summed E-state index contributed by atoms with van der Waals surface area (Å²) in [6, 6.07) is 13.0. The molecule has 0 aliphatic rings. The van der Waals surface area contributed by atoms with Crippen LogP contribution < -0.4 is 0 Å². The standard InChI is InChI=1S/C23H28O/c1-7-16(4)23(24-6)22(18(8-2)9-3)21-15-11-13-19-17(5)12-10-14-20(19)21/h8,10-15H,4,7,9H2,1-3,5-6H3/b18-8-,23-22-. The summed E-state index contributed by atoms with van der Waals surface area (Å²) in [4.78, 5) is 0. The van der Waals surface area contributed by atoms with E-state index < -0.39 is 0 Å². The molecular weight excluding hydrogens is 292 g/mol. The zero-order valence-electron chi connectivity index (χ0n) is 15.6. The van der Waals surface area contributed by atoms with E-state index in [-0.39, 0.29) is 0 Å². The first kappa shape index (κ1) is 18.1. The van der Waals surface area contributed by atoms with E-state index in [1.807, 2.05) is 0 Å². The summed E-state index contributed by atoms with van der Waals surface area (Å²) in [6.07, 6.45) is 4.01. The molecule has 0 aromatic heterocycles. The van der Waals surface area contributed by atoms with Crippen molar-refractivity contribution in [3.05, 3.63) is 77.1 Å². The Bertz CT molecular complexity index is 806. The molecule has 126 valence electrons. The van der Waals surface area contributed by atoms with Crippen molar-refractivity contribution in [1.29, 1.82) is 0 Å². The Morgan fingerprint density at radius 3 is 2.29 bits per heavy atom. The van der Waals surface area contributed by atoms with E-state index >= 15 is 0 Å².